The Morgan fingerprint density at radius 3 is 2.35 bits per heavy atom. The van der Waals surface area contributed by atoms with Crippen LogP contribution in [-0.2, 0) is 4.74 Å². The van der Waals surface area contributed by atoms with E-state index in [4.69, 9.17) is 10.5 Å². The van der Waals surface area contributed by atoms with E-state index in [-0.39, 0.29) is 11.8 Å². The molecular formula is C15H19F2NO2. The Bertz CT molecular complexity index is 509. The second-order valence-electron chi connectivity index (χ2n) is 5.80. The largest absolute Gasteiger partial charge is 0.459 e. The number of ether oxygens (including phenoxy) is 1. The minimum atomic E-state index is -0.856. The topological polar surface area (TPSA) is 52.3 Å². The lowest BCUT2D eigenvalue weighted by molar-refractivity contribution is 0.00757. The highest BCUT2D eigenvalue weighted by atomic mass is 19.1. The fourth-order valence-corrected chi connectivity index (χ4v) is 2.90. The summed E-state index contributed by atoms with van der Waals surface area (Å²) >= 11 is 0. The smallest absolute Gasteiger partial charge is 0.341 e. The number of hydrogen-bond donors (Lipinski definition) is 1. The summed E-state index contributed by atoms with van der Waals surface area (Å²) in [7, 11) is 0. The Balaban J connectivity index is 2.10. The molecule has 1 saturated carbocycles. The van der Waals surface area contributed by atoms with E-state index < -0.39 is 23.2 Å². The zero-order valence-corrected chi connectivity index (χ0v) is 11.7. The third kappa shape index (κ3) is 3.26. The first-order valence-electron chi connectivity index (χ1n) is 6.82. The summed E-state index contributed by atoms with van der Waals surface area (Å²) in [4.78, 5) is 11.9. The van der Waals surface area contributed by atoms with Crippen molar-refractivity contribution in [2.75, 3.05) is 5.73 Å². The molecule has 1 aliphatic carbocycles. The molecule has 0 heterocycles. The molecule has 0 aliphatic heterocycles. The molecule has 0 bridgehead atoms. The summed E-state index contributed by atoms with van der Waals surface area (Å²) in [6.45, 7) is 4.19. The Morgan fingerprint density at radius 2 is 1.75 bits per heavy atom. The number of halogens is 2. The summed E-state index contributed by atoms with van der Waals surface area (Å²) in [6.07, 6.45) is 2.38. The summed E-state index contributed by atoms with van der Waals surface area (Å²) in [6, 6.07) is 1.60. The quantitative estimate of drug-likeness (QED) is 0.667. The Morgan fingerprint density at radius 1 is 1.15 bits per heavy atom. The van der Waals surface area contributed by atoms with Crippen molar-refractivity contribution >= 4 is 11.7 Å². The van der Waals surface area contributed by atoms with Crippen LogP contribution in [-0.4, -0.2) is 12.1 Å². The molecule has 20 heavy (non-hydrogen) atoms. The number of benzene rings is 1. The molecule has 2 atom stereocenters. The molecule has 110 valence electrons. The van der Waals surface area contributed by atoms with Crippen LogP contribution in [0.25, 0.3) is 0 Å². The van der Waals surface area contributed by atoms with Crippen molar-refractivity contribution in [2.45, 2.75) is 39.2 Å². The summed E-state index contributed by atoms with van der Waals surface area (Å²) in [5, 5.41) is 0. The summed E-state index contributed by atoms with van der Waals surface area (Å²) < 4.78 is 32.3. The van der Waals surface area contributed by atoms with Crippen molar-refractivity contribution < 1.29 is 18.3 Å². The zero-order chi connectivity index (χ0) is 14.9. The minimum Gasteiger partial charge on any atom is -0.459 e. The van der Waals surface area contributed by atoms with E-state index >= 15 is 0 Å². The minimum absolute atomic E-state index is 0.235. The van der Waals surface area contributed by atoms with Crippen LogP contribution in [0.4, 0.5) is 14.5 Å². The molecule has 0 amide bonds. The van der Waals surface area contributed by atoms with Crippen molar-refractivity contribution in [3.63, 3.8) is 0 Å². The molecule has 2 rings (SSSR count). The first-order chi connectivity index (χ1) is 9.36. The molecule has 1 fully saturated rings. The molecule has 1 aromatic rings. The van der Waals surface area contributed by atoms with Crippen LogP contribution in [0.2, 0.25) is 0 Å². The molecule has 1 aliphatic rings. The lowest BCUT2D eigenvalue weighted by Gasteiger charge is -2.31. The maximum absolute atomic E-state index is 13.6. The molecular weight excluding hydrogens is 264 g/mol. The van der Waals surface area contributed by atoms with Gasteiger partial charge in [0.2, 0.25) is 0 Å². The fourth-order valence-electron chi connectivity index (χ4n) is 2.90. The standard InChI is InChI=1S/C15H19F2NO2/c1-8-3-9(2)5-10(4-8)20-15(19)11-6-13(17)14(18)7-12(11)16/h6-10H,3-5,18H2,1-2H3. The normalized spacial score (nSPS) is 26.3. The van der Waals surface area contributed by atoms with Gasteiger partial charge < -0.3 is 10.5 Å². The third-order valence-corrected chi connectivity index (χ3v) is 3.72. The zero-order valence-electron chi connectivity index (χ0n) is 11.7. The summed E-state index contributed by atoms with van der Waals surface area (Å²) in [5.74, 6) is -1.57. The van der Waals surface area contributed by atoms with E-state index in [1.807, 2.05) is 0 Å². The van der Waals surface area contributed by atoms with Crippen LogP contribution < -0.4 is 5.73 Å². The van der Waals surface area contributed by atoms with Crippen molar-refractivity contribution in [1.29, 1.82) is 0 Å². The van der Waals surface area contributed by atoms with E-state index in [0.717, 1.165) is 31.4 Å². The molecule has 3 nitrogen and oxygen atoms in total. The van der Waals surface area contributed by atoms with Gasteiger partial charge in [-0.15, -0.1) is 0 Å². The van der Waals surface area contributed by atoms with Gasteiger partial charge in [0.05, 0.1) is 11.3 Å². The molecule has 2 N–H and O–H groups in total. The Hall–Kier alpha value is -1.65. The fraction of sp³-hybridized carbons (Fsp3) is 0.533. The molecule has 0 aromatic heterocycles. The lowest BCUT2D eigenvalue weighted by Crippen LogP contribution is -2.28. The van der Waals surface area contributed by atoms with Gasteiger partial charge in [-0.1, -0.05) is 13.8 Å². The molecule has 5 heteroatoms. The third-order valence-electron chi connectivity index (χ3n) is 3.72. The maximum Gasteiger partial charge on any atom is 0.341 e. The number of nitrogens with two attached hydrogens (primary N) is 1. The second-order valence-corrected chi connectivity index (χ2v) is 5.80. The lowest BCUT2D eigenvalue weighted by atomic mass is 9.82. The molecule has 0 spiro atoms. The van der Waals surface area contributed by atoms with Crippen LogP contribution in [0.3, 0.4) is 0 Å². The summed E-state index contributed by atoms with van der Waals surface area (Å²) in [5.41, 5.74) is 4.52. The molecule has 2 unspecified atom stereocenters. The predicted molar refractivity (Wildman–Crippen MR) is 72.2 cm³/mol. The number of hydrogen-bond acceptors (Lipinski definition) is 3. The van der Waals surface area contributed by atoms with Crippen LogP contribution in [0, 0.1) is 23.5 Å². The van der Waals surface area contributed by atoms with E-state index in [0.29, 0.717) is 11.8 Å². The number of carbonyl (C=O) groups is 1. The van der Waals surface area contributed by atoms with Crippen molar-refractivity contribution in [3.05, 3.63) is 29.3 Å². The highest BCUT2D eigenvalue weighted by molar-refractivity contribution is 5.90. The molecule has 0 saturated heterocycles. The van der Waals surface area contributed by atoms with Gasteiger partial charge in [0, 0.05) is 6.07 Å². The van der Waals surface area contributed by atoms with Crippen molar-refractivity contribution in [1.82, 2.24) is 0 Å². The van der Waals surface area contributed by atoms with E-state index in [1.54, 1.807) is 0 Å². The van der Waals surface area contributed by atoms with Crippen LogP contribution in [0.1, 0.15) is 43.5 Å². The number of anilines is 1. The van der Waals surface area contributed by atoms with E-state index in [1.165, 1.54) is 0 Å². The first kappa shape index (κ1) is 14.8. The number of carbonyl (C=O) groups excluding carboxylic acids is 1. The van der Waals surface area contributed by atoms with Gasteiger partial charge in [0.25, 0.3) is 0 Å². The van der Waals surface area contributed by atoms with Gasteiger partial charge in [-0.3, -0.25) is 0 Å². The van der Waals surface area contributed by atoms with Gasteiger partial charge in [-0.05, 0) is 37.2 Å². The van der Waals surface area contributed by atoms with Crippen molar-refractivity contribution in [3.8, 4) is 0 Å². The van der Waals surface area contributed by atoms with Crippen LogP contribution in [0.15, 0.2) is 12.1 Å². The van der Waals surface area contributed by atoms with E-state index in [2.05, 4.69) is 13.8 Å². The van der Waals surface area contributed by atoms with Crippen molar-refractivity contribution in [2.24, 2.45) is 11.8 Å². The number of esters is 1. The van der Waals surface area contributed by atoms with Gasteiger partial charge in [-0.25, -0.2) is 13.6 Å². The maximum atomic E-state index is 13.6. The Labute approximate surface area is 117 Å². The highest BCUT2D eigenvalue weighted by Crippen LogP contribution is 2.31. The van der Waals surface area contributed by atoms with Gasteiger partial charge in [0.1, 0.15) is 17.7 Å². The average Bonchev–Trinajstić information content (AvgIpc) is 2.32. The average molecular weight is 283 g/mol. The predicted octanol–water partition coefficient (Wildman–Crippen LogP) is 3.53. The second kappa shape index (κ2) is 5.77. The van der Waals surface area contributed by atoms with Gasteiger partial charge >= 0.3 is 5.97 Å². The van der Waals surface area contributed by atoms with Crippen LogP contribution in [0.5, 0.6) is 0 Å². The molecule has 0 radical (unpaired) electrons. The van der Waals surface area contributed by atoms with Gasteiger partial charge in [-0.2, -0.15) is 0 Å². The number of nitrogen functional groups attached to an aromatic ring is 1. The van der Waals surface area contributed by atoms with Crippen LogP contribution >= 0.6 is 0 Å². The first-order valence-corrected chi connectivity index (χ1v) is 6.82. The SMILES string of the molecule is CC1CC(C)CC(OC(=O)c2cc(F)c(N)cc2F)C1. The Kier molecular flexibility index (Phi) is 4.26. The molecule has 1 aromatic carbocycles. The van der Waals surface area contributed by atoms with E-state index in [9.17, 15) is 13.6 Å². The monoisotopic (exact) mass is 283 g/mol. The number of rotatable bonds is 2. The van der Waals surface area contributed by atoms with Gasteiger partial charge in [0.15, 0.2) is 0 Å². The highest BCUT2D eigenvalue weighted by Gasteiger charge is 2.28.